The fourth-order valence-electron chi connectivity index (χ4n) is 2.79. The highest BCUT2D eigenvalue weighted by Gasteiger charge is 2.16. The molecule has 4 nitrogen and oxygen atoms in total. The Bertz CT molecular complexity index is 577. The summed E-state index contributed by atoms with van der Waals surface area (Å²) in [5.74, 6) is 1.62. The lowest BCUT2D eigenvalue weighted by Gasteiger charge is -2.14. The van der Waals surface area contributed by atoms with Gasteiger partial charge in [0.25, 0.3) is 0 Å². The first-order chi connectivity index (χ1) is 10.3. The van der Waals surface area contributed by atoms with E-state index in [0.29, 0.717) is 6.04 Å². The van der Waals surface area contributed by atoms with Crippen LogP contribution in [0.15, 0.2) is 36.4 Å². The minimum Gasteiger partial charge on any atom is -0.370 e. The zero-order valence-electron chi connectivity index (χ0n) is 12.5. The Morgan fingerprint density at radius 1 is 1.10 bits per heavy atom. The van der Waals surface area contributed by atoms with Gasteiger partial charge in [-0.2, -0.15) is 4.98 Å². The molecule has 0 spiro atoms. The maximum atomic E-state index is 4.69. The van der Waals surface area contributed by atoms with Gasteiger partial charge in [0.2, 0.25) is 5.95 Å². The molecule has 21 heavy (non-hydrogen) atoms. The molecule has 0 amide bonds. The molecule has 0 atom stereocenters. The van der Waals surface area contributed by atoms with E-state index in [1.54, 1.807) is 0 Å². The largest absolute Gasteiger partial charge is 0.370 e. The molecule has 1 saturated carbocycles. The van der Waals surface area contributed by atoms with Gasteiger partial charge in [0.1, 0.15) is 5.82 Å². The Morgan fingerprint density at radius 3 is 2.57 bits per heavy atom. The quantitative estimate of drug-likeness (QED) is 0.872. The number of hydrogen-bond donors (Lipinski definition) is 2. The predicted octanol–water partition coefficient (Wildman–Crippen LogP) is 3.93. The lowest BCUT2D eigenvalue weighted by molar-refractivity contribution is 0.744. The number of aromatic nitrogens is 2. The van der Waals surface area contributed by atoms with Gasteiger partial charge in [-0.05, 0) is 19.8 Å². The molecule has 0 saturated heterocycles. The molecule has 1 fully saturated rings. The lowest BCUT2D eigenvalue weighted by atomic mass is 10.1. The average molecular weight is 282 g/mol. The molecule has 0 radical (unpaired) electrons. The van der Waals surface area contributed by atoms with Crippen molar-refractivity contribution in [3.05, 3.63) is 36.4 Å². The van der Waals surface area contributed by atoms with Gasteiger partial charge in [-0.3, -0.25) is 0 Å². The van der Waals surface area contributed by atoms with Crippen molar-refractivity contribution >= 4 is 11.8 Å². The van der Waals surface area contributed by atoms with Gasteiger partial charge in [0, 0.05) is 24.2 Å². The highest BCUT2D eigenvalue weighted by Crippen LogP contribution is 2.24. The summed E-state index contributed by atoms with van der Waals surface area (Å²) in [6.45, 7) is 2.93. The summed E-state index contributed by atoms with van der Waals surface area (Å²) in [7, 11) is 0. The summed E-state index contributed by atoms with van der Waals surface area (Å²) in [5, 5.41) is 6.78. The Morgan fingerprint density at radius 2 is 1.86 bits per heavy atom. The van der Waals surface area contributed by atoms with Gasteiger partial charge in [-0.15, -0.1) is 0 Å². The van der Waals surface area contributed by atoms with E-state index in [9.17, 15) is 0 Å². The molecular weight excluding hydrogens is 260 g/mol. The first-order valence-electron chi connectivity index (χ1n) is 7.80. The van der Waals surface area contributed by atoms with Gasteiger partial charge in [0.15, 0.2) is 0 Å². The van der Waals surface area contributed by atoms with E-state index in [0.717, 1.165) is 29.6 Å². The number of anilines is 2. The van der Waals surface area contributed by atoms with Crippen LogP contribution in [-0.2, 0) is 0 Å². The number of hydrogen-bond acceptors (Lipinski definition) is 4. The first-order valence-corrected chi connectivity index (χ1v) is 7.80. The Hall–Kier alpha value is -2.10. The average Bonchev–Trinajstić information content (AvgIpc) is 3.01. The molecule has 110 valence electrons. The highest BCUT2D eigenvalue weighted by atomic mass is 15.2. The van der Waals surface area contributed by atoms with E-state index in [2.05, 4.69) is 39.7 Å². The van der Waals surface area contributed by atoms with Crippen LogP contribution in [0.3, 0.4) is 0 Å². The van der Waals surface area contributed by atoms with Gasteiger partial charge in [-0.25, -0.2) is 4.98 Å². The fourth-order valence-corrected chi connectivity index (χ4v) is 2.79. The van der Waals surface area contributed by atoms with E-state index >= 15 is 0 Å². The smallest absolute Gasteiger partial charge is 0.225 e. The number of nitrogens with one attached hydrogen (secondary N) is 2. The van der Waals surface area contributed by atoms with Gasteiger partial charge < -0.3 is 10.6 Å². The third-order valence-electron chi connectivity index (χ3n) is 3.84. The van der Waals surface area contributed by atoms with Crippen LogP contribution in [0.4, 0.5) is 11.8 Å². The normalized spacial score (nSPS) is 15.1. The lowest BCUT2D eigenvalue weighted by Crippen LogP contribution is -2.17. The molecule has 3 rings (SSSR count). The molecule has 2 aromatic rings. The minimum atomic E-state index is 0.519. The van der Waals surface area contributed by atoms with Crippen molar-refractivity contribution in [2.75, 3.05) is 17.2 Å². The topological polar surface area (TPSA) is 49.8 Å². The maximum Gasteiger partial charge on any atom is 0.225 e. The summed E-state index contributed by atoms with van der Waals surface area (Å²) < 4.78 is 0. The summed E-state index contributed by atoms with van der Waals surface area (Å²) in [4.78, 5) is 9.27. The minimum absolute atomic E-state index is 0.519. The van der Waals surface area contributed by atoms with Crippen molar-refractivity contribution < 1.29 is 0 Å². The third kappa shape index (κ3) is 3.51. The predicted molar refractivity (Wildman–Crippen MR) is 87.5 cm³/mol. The van der Waals surface area contributed by atoms with E-state index in [-0.39, 0.29) is 0 Å². The van der Waals surface area contributed by atoms with E-state index in [1.165, 1.54) is 25.7 Å². The van der Waals surface area contributed by atoms with Crippen LogP contribution in [-0.4, -0.2) is 22.6 Å². The van der Waals surface area contributed by atoms with Crippen LogP contribution in [0.25, 0.3) is 11.3 Å². The Balaban J connectivity index is 1.89. The van der Waals surface area contributed by atoms with Crippen LogP contribution in [0.2, 0.25) is 0 Å². The molecule has 1 heterocycles. The molecular formula is C17H22N4. The van der Waals surface area contributed by atoms with Gasteiger partial charge >= 0.3 is 0 Å². The van der Waals surface area contributed by atoms with Crippen molar-refractivity contribution in [3.63, 3.8) is 0 Å². The number of nitrogens with zero attached hydrogens (tertiary/aromatic N) is 2. The van der Waals surface area contributed by atoms with Crippen LogP contribution >= 0.6 is 0 Å². The van der Waals surface area contributed by atoms with E-state index < -0.39 is 0 Å². The second kappa shape index (κ2) is 6.57. The van der Waals surface area contributed by atoms with Crippen molar-refractivity contribution in [2.24, 2.45) is 0 Å². The summed E-state index contributed by atoms with van der Waals surface area (Å²) in [6.07, 6.45) is 5.04. The van der Waals surface area contributed by atoms with Crippen molar-refractivity contribution in [2.45, 2.75) is 38.6 Å². The van der Waals surface area contributed by atoms with Gasteiger partial charge in [-0.1, -0.05) is 43.2 Å². The molecule has 0 bridgehead atoms. The van der Waals surface area contributed by atoms with Crippen LogP contribution < -0.4 is 10.6 Å². The first kappa shape index (κ1) is 13.9. The van der Waals surface area contributed by atoms with Crippen molar-refractivity contribution in [1.29, 1.82) is 0 Å². The molecule has 0 unspecified atom stereocenters. The number of benzene rings is 1. The highest BCUT2D eigenvalue weighted by molar-refractivity contribution is 5.64. The summed E-state index contributed by atoms with van der Waals surface area (Å²) >= 11 is 0. The van der Waals surface area contributed by atoms with Crippen LogP contribution in [0.1, 0.15) is 32.6 Å². The monoisotopic (exact) mass is 282 g/mol. The molecule has 0 aliphatic heterocycles. The zero-order chi connectivity index (χ0) is 14.5. The Kier molecular flexibility index (Phi) is 4.34. The van der Waals surface area contributed by atoms with Crippen molar-refractivity contribution in [1.82, 2.24) is 9.97 Å². The van der Waals surface area contributed by atoms with Gasteiger partial charge in [0.05, 0.1) is 5.69 Å². The molecule has 1 aliphatic carbocycles. The second-order valence-electron chi connectivity index (χ2n) is 5.48. The third-order valence-corrected chi connectivity index (χ3v) is 3.84. The fraction of sp³-hybridized carbons (Fsp3) is 0.412. The molecule has 1 aromatic heterocycles. The number of rotatable bonds is 5. The zero-order valence-corrected chi connectivity index (χ0v) is 12.5. The standard InChI is InChI=1S/C17H22N4/c1-2-18-16-12-15(13-8-4-3-5-9-13)20-17(21-16)19-14-10-6-7-11-14/h3-5,8-9,12,14H,2,6-7,10-11H2,1H3,(H2,18,19,20,21). The van der Waals surface area contributed by atoms with E-state index in [4.69, 9.17) is 0 Å². The molecule has 4 heteroatoms. The van der Waals surface area contributed by atoms with E-state index in [1.807, 2.05) is 24.3 Å². The summed E-state index contributed by atoms with van der Waals surface area (Å²) in [6, 6.07) is 12.8. The Labute approximate surface area is 126 Å². The molecule has 2 N–H and O–H groups in total. The van der Waals surface area contributed by atoms with Crippen molar-refractivity contribution in [3.8, 4) is 11.3 Å². The molecule has 1 aromatic carbocycles. The second-order valence-corrected chi connectivity index (χ2v) is 5.48. The van der Waals surface area contributed by atoms with Crippen LogP contribution in [0, 0.1) is 0 Å². The molecule has 1 aliphatic rings. The summed E-state index contributed by atoms with van der Waals surface area (Å²) in [5.41, 5.74) is 2.08. The maximum absolute atomic E-state index is 4.69. The van der Waals surface area contributed by atoms with Crippen LogP contribution in [0.5, 0.6) is 0 Å². The SMILES string of the molecule is CCNc1cc(-c2ccccc2)nc(NC2CCCC2)n1.